The molecule has 114 valence electrons. The van der Waals surface area contributed by atoms with Crippen LogP contribution in [0, 0.1) is 0 Å². The van der Waals surface area contributed by atoms with Crippen LogP contribution in [0.4, 0.5) is 0 Å². The molecule has 1 N–H and O–H groups in total. The summed E-state index contributed by atoms with van der Waals surface area (Å²) in [4.78, 5) is 28.1. The number of amides is 1. The molecule has 1 aromatic heterocycles. The maximum Gasteiger partial charge on any atom is 0.329 e. The molecule has 1 amide bonds. The van der Waals surface area contributed by atoms with Crippen LogP contribution >= 0.6 is 34.8 Å². The summed E-state index contributed by atoms with van der Waals surface area (Å²) in [6.07, 6.45) is 1.25. The summed E-state index contributed by atoms with van der Waals surface area (Å²) < 4.78 is 5.22. The first-order chi connectivity index (χ1) is 9.73. The normalized spacial score (nSPS) is 16.5. The quantitative estimate of drug-likeness (QED) is 0.899. The summed E-state index contributed by atoms with van der Waals surface area (Å²) in [5.74, 6) is -1.47. The number of hydrogen-bond acceptors (Lipinski definition) is 4. The Morgan fingerprint density at radius 1 is 1.38 bits per heavy atom. The van der Waals surface area contributed by atoms with Gasteiger partial charge in [-0.25, -0.2) is 9.78 Å². The highest BCUT2D eigenvalue weighted by atomic mass is 35.5. The Morgan fingerprint density at radius 2 is 2.00 bits per heavy atom. The number of carbonyl (C=O) groups is 2. The number of pyridine rings is 1. The largest absolute Gasteiger partial charge is 0.480 e. The van der Waals surface area contributed by atoms with Crippen LogP contribution in [-0.2, 0) is 9.53 Å². The summed E-state index contributed by atoms with van der Waals surface area (Å²) in [5, 5.41) is 8.81. The fraction of sp³-hybridized carbons (Fsp3) is 0.417. The predicted molar refractivity (Wildman–Crippen MR) is 77.2 cm³/mol. The predicted octanol–water partition coefficient (Wildman–Crippen LogP) is 2.36. The molecule has 0 bridgehead atoms. The van der Waals surface area contributed by atoms with Gasteiger partial charge in [-0.3, -0.25) is 4.79 Å². The Balaban J connectivity index is 2.04. The second kappa shape index (κ2) is 5.96. The number of nitrogens with zero attached hydrogens (tertiary/aromatic N) is 2. The molecule has 0 atom stereocenters. The van der Waals surface area contributed by atoms with E-state index in [1.165, 1.54) is 11.1 Å². The molecule has 1 fully saturated rings. The third-order valence-electron chi connectivity index (χ3n) is 3.00. The molecule has 0 spiro atoms. The van der Waals surface area contributed by atoms with E-state index in [0.717, 1.165) is 0 Å². The van der Waals surface area contributed by atoms with Gasteiger partial charge in [-0.1, -0.05) is 34.8 Å². The molecule has 0 aliphatic carbocycles. The zero-order chi connectivity index (χ0) is 15.8. The van der Waals surface area contributed by atoms with E-state index in [2.05, 4.69) is 4.98 Å². The van der Waals surface area contributed by atoms with Crippen LogP contribution in [0.15, 0.2) is 6.20 Å². The lowest BCUT2D eigenvalue weighted by Gasteiger charge is -2.47. The molecule has 2 rings (SSSR count). The van der Waals surface area contributed by atoms with Crippen molar-refractivity contribution in [3.8, 4) is 0 Å². The van der Waals surface area contributed by atoms with Gasteiger partial charge in [0.05, 0.1) is 28.2 Å². The molecular weight excluding hydrogens is 343 g/mol. The number of rotatable bonds is 4. The smallest absolute Gasteiger partial charge is 0.329 e. The van der Waals surface area contributed by atoms with E-state index in [-0.39, 0.29) is 33.9 Å². The Morgan fingerprint density at radius 3 is 2.57 bits per heavy atom. The molecule has 1 aromatic rings. The molecule has 9 heteroatoms. The maximum atomic E-state index is 12.2. The van der Waals surface area contributed by atoms with Crippen LogP contribution in [0.5, 0.6) is 0 Å². The van der Waals surface area contributed by atoms with Gasteiger partial charge in [-0.2, -0.15) is 0 Å². The Hall–Kier alpha value is -1.08. The molecule has 0 radical (unpaired) electrons. The first-order valence-corrected chi connectivity index (χ1v) is 7.01. The van der Waals surface area contributed by atoms with Gasteiger partial charge in [0, 0.05) is 6.20 Å². The van der Waals surface area contributed by atoms with Gasteiger partial charge in [0.25, 0.3) is 5.91 Å². The minimum Gasteiger partial charge on any atom is -0.480 e. The second-order valence-corrected chi connectivity index (χ2v) is 6.04. The zero-order valence-electron chi connectivity index (χ0n) is 10.9. The van der Waals surface area contributed by atoms with Gasteiger partial charge in [-0.15, -0.1) is 0 Å². The molecular formula is C12H11Cl3N2O4. The van der Waals surface area contributed by atoms with Crippen LogP contribution < -0.4 is 0 Å². The molecule has 0 aromatic carbocycles. The van der Waals surface area contributed by atoms with Crippen molar-refractivity contribution in [1.82, 2.24) is 9.88 Å². The van der Waals surface area contributed by atoms with Gasteiger partial charge >= 0.3 is 5.97 Å². The number of hydrogen-bond donors (Lipinski definition) is 1. The molecule has 1 saturated heterocycles. The first kappa shape index (κ1) is 16.3. The van der Waals surface area contributed by atoms with E-state index in [0.29, 0.717) is 0 Å². The van der Waals surface area contributed by atoms with Crippen molar-refractivity contribution in [1.29, 1.82) is 0 Å². The van der Waals surface area contributed by atoms with E-state index >= 15 is 0 Å². The van der Waals surface area contributed by atoms with Gasteiger partial charge in [0.1, 0.15) is 17.9 Å². The third kappa shape index (κ3) is 3.40. The summed E-state index contributed by atoms with van der Waals surface area (Å²) in [6.45, 7) is 1.81. The van der Waals surface area contributed by atoms with Crippen molar-refractivity contribution in [2.75, 3.05) is 19.7 Å². The Kier molecular flexibility index (Phi) is 4.63. The Bertz CT molecular complexity index is 602. The average molecular weight is 354 g/mol. The van der Waals surface area contributed by atoms with Crippen LogP contribution in [0.2, 0.25) is 15.1 Å². The third-order valence-corrected chi connectivity index (χ3v) is 4.24. The summed E-state index contributed by atoms with van der Waals surface area (Å²) >= 11 is 17.6. The van der Waals surface area contributed by atoms with Crippen molar-refractivity contribution in [3.05, 3.63) is 27.0 Å². The number of ether oxygens (including phenoxy) is 1. The van der Waals surface area contributed by atoms with Gasteiger partial charge in [0.2, 0.25) is 0 Å². The highest BCUT2D eigenvalue weighted by molar-refractivity contribution is 6.48. The van der Waals surface area contributed by atoms with Crippen LogP contribution in [0.3, 0.4) is 0 Å². The monoisotopic (exact) mass is 352 g/mol. The minimum absolute atomic E-state index is 0.00535. The molecule has 1 aliphatic rings. The van der Waals surface area contributed by atoms with Gasteiger partial charge in [0.15, 0.2) is 0 Å². The van der Waals surface area contributed by atoms with E-state index in [9.17, 15) is 9.59 Å². The number of aliphatic carboxylic acids is 1. The van der Waals surface area contributed by atoms with E-state index in [1.807, 2.05) is 0 Å². The molecule has 6 nitrogen and oxygen atoms in total. The topological polar surface area (TPSA) is 79.7 Å². The average Bonchev–Trinajstić information content (AvgIpc) is 2.39. The lowest BCUT2D eigenvalue weighted by Crippen LogP contribution is -2.63. The van der Waals surface area contributed by atoms with Crippen LogP contribution in [-0.4, -0.2) is 52.2 Å². The summed E-state index contributed by atoms with van der Waals surface area (Å²) in [6, 6.07) is 0. The van der Waals surface area contributed by atoms with Crippen LogP contribution in [0.1, 0.15) is 17.4 Å². The van der Waals surface area contributed by atoms with Gasteiger partial charge in [-0.05, 0) is 6.92 Å². The highest BCUT2D eigenvalue weighted by Gasteiger charge is 2.43. The lowest BCUT2D eigenvalue weighted by molar-refractivity contribution is -0.159. The van der Waals surface area contributed by atoms with Crippen molar-refractivity contribution in [3.63, 3.8) is 0 Å². The number of halogens is 3. The number of carbonyl (C=O) groups excluding carboxylic acids is 1. The standard InChI is InChI=1S/C12H11Cl3N2O4/c1-12(21-3-7(18)19)4-17(5-12)11(20)10-9(15)8(14)6(13)2-16-10/h2H,3-5H2,1H3,(H,18,19). The Labute approximate surface area is 135 Å². The zero-order valence-corrected chi connectivity index (χ0v) is 13.2. The fourth-order valence-electron chi connectivity index (χ4n) is 1.97. The number of likely N-dealkylation sites (tertiary alicyclic amines) is 1. The lowest BCUT2D eigenvalue weighted by atomic mass is 9.96. The van der Waals surface area contributed by atoms with Gasteiger partial charge < -0.3 is 14.7 Å². The first-order valence-electron chi connectivity index (χ1n) is 5.88. The SMILES string of the molecule is CC1(OCC(=O)O)CN(C(=O)c2ncc(Cl)c(Cl)c2Cl)C1. The van der Waals surface area contributed by atoms with Crippen molar-refractivity contribution in [2.45, 2.75) is 12.5 Å². The molecule has 2 heterocycles. The van der Waals surface area contributed by atoms with E-state index in [4.69, 9.17) is 44.6 Å². The van der Waals surface area contributed by atoms with Crippen LogP contribution in [0.25, 0.3) is 0 Å². The molecule has 0 saturated carbocycles. The van der Waals surface area contributed by atoms with E-state index < -0.39 is 24.1 Å². The molecule has 0 unspecified atom stereocenters. The minimum atomic E-state index is -1.06. The molecule has 21 heavy (non-hydrogen) atoms. The van der Waals surface area contributed by atoms with Crippen molar-refractivity contribution < 1.29 is 19.4 Å². The number of carboxylic acids is 1. The van der Waals surface area contributed by atoms with Crippen molar-refractivity contribution >= 4 is 46.7 Å². The van der Waals surface area contributed by atoms with Crippen molar-refractivity contribution in [2.24, 2.45) is 0 Å². The number of aromatic nitrogens is 1. The van der Waals surface area contributed by atoms with E-state index in [1.54, 1.807) is 6.92 Å². The summed E-state index contributed by atoms with van der Waals surface area (Å²) in [7, 11) is 0. The fourth-order valence-corrected chi connectivity index (χ4v) is 2.54. The number of carboxylic acid groups (broad SMARTS) is 1. The second-order valence-electron chi connectivity index (χ2n) is 4.88. The highest BCUT2D eigenvalue weighted by Crippen LogP contribution is 2.33. The summed E-state index contributed by atoms with van der Waals surface area (Å²) in [5.41, 5.74) is -0.678. The molecule has 1 aliphatic heterocycles. The maximum absolute atomic E-state index is 12.2.